The number of hydrogen-bond donors (Lipinski definition) is 0. The Kier molecular flexibility index (Phi) is 0.979. The van der Waals surface area contributed by atoms with Gasteiger partial charge in [-0.2, -0.15) is 0 Å². The molecule has 2 bridgehead atoms. The molecule has 108 valence electrons. The average Bonchev–Trinajstić information content (AvgIpc) is 3.37. The number of aromatic nitrogens is 3. The highest BCUT2D eigenvalue weighted by atomic mass is 16.2. The lowest BCUT2D eigenvalue weighted by atomic mass is 9.65. The summed E-state index contributed by atoms with van der Waals surface area (Å²) in [5.41, 5.74) is 0.786. The van der Waals surface area contributed by atoms with Gasteiger partial charge in [-0.15, -0.1) is 0 Å². The number of hydrogen-bond acceptors (Lipinski definition) is 2. The summed E-state index contributed by atoms with van der Waals surface area (Å²) in [5.74, 6) is 5.15. The molecule has 0 aromatic carbocycles. The minimum atomic E-state index is -0.0486. The van der Waals surface area contributed by atoms with Crippen LogP contribution in [0.3, 0.4) is 0 Å². The Bertz CT molecular complexity index is 853. The summed E-state index contributed by atoms with van der Waals surface area (Å²) >= 11 is 0. The Morgan fingerprint density at radius 1 is 0.905 bits per heavy atom. The molecule has 0 saturated heterocycles. The summed E-state index contributed by atoms with van der Waals surface area (Å²) in [6, 6.07) is 0.760. The Labute approximate surface area is 120 Å². The Morgan fingerprint density at radius 3 is 1.95 bits per heavy atom. The van der Waals surface area contributed by atoms with Gasteiger partial charge in [0, 0.05) is 17.9 Å². The van der Waals surface area contributed by atoms with Crippen molar-refractivity contribution in [2.75, 3.05) is 0 Å². The van der Waals surface area contributed by atoms with Gasteiger partial charge in [-0.3, -0.25) is 0 Å². The molecular weight excluding hydrogens is 266 g/mol. The molecule has 1 aromatic rings. The first-order valence-corrected chi connectivity index (χ1v) is 8.54. The van der Waals surface area contributed by atoms with Gasteiger partial charge in [-0.25, -0.2) is 23.5 Å². The van der Waals surface area contributed by atoms with Crippen molar-refractivity contribution in [3.63, 3.8) is 0 Å². The lowest BCUT2D eigenvalue weighted by Crippen LogP contribution is -2.53. The number of nitrogens with zero attached hydrogens (tertiary/aromatic N) is 3. The quantitative estimate of drug-likeness (QED) is 0.690. The molecule has 21 heavy (non-hydrogen) atoms. The molecule has 2 spiro atoms. The van der Waals surface area contributed by atoms with Gasteiger partial charge in [-0.1, -0.05) is 0 Å². The second-order valence-electron chi connectivity index (χ2n) is 9.16. The maximum Gasteiger partial charge on any atom is 0.347 e. The van der Waals surface area contributed by atoms with Crippen LogP contribution in [0.25, 0.3) is 0 Å². The molecule has 0 N–H and O–H groups in total. The molecule has 10 atom stereocenters. The van der Waals surface area contributed by atoms with E-state index in [1.54, 1.807) is 7.05 Å². The van der Waals surface area contributed by atoms with Crippen LogP contribution < -0.4 is 11.4 Å². The van der Waals surface area contributed by atoms with Gasteiger partial charge < -0.3 is 0 Å². The van der Waals surface area contributed by atoms with E-state index < -0.39 is 0 Å². The van der Waals surface area contributed by atoms with Gasteiger partial charge >= 0.3 is 11.4 Å². The van der Waals surface area contributed by atoms with E-state index in [0.717, 1.165) is 35.5 Å². The van der Waals surface area contributed by atoms with Crippen LogP contribution in [0, 0.1) is 46.3 Å². The molecule has 5 nitrogen and oxygen atoms in total. The molecule has 1 aromatic heterocycles. The second kappa shape index (κ2) is 2.12. The lowest BCUT2D eigenvalue weighted by Gasteiger charge is -2.50. The van der Waals surface area contributed by atoms with Crippen LogP contribution in [0.4, 0.5) is 0 Å². The van der Waals surface area contributed by atoms with Crippen LogP contribution in [0.15, 0.2) is 9.59 Å². The summed E-state index contributed by atoms with van der Waals surface area (Å²) in [5, 5.41) is 0. The van der Waals surface area contributed by atoms with Crippen molar-refractivity contribution in [1.29, 1.82) is 0 Å². The van der Waals surface area contributed by atoms with Crippen LogP contribution in [0.1, 0.15) is 31.3 Å². The third-order valence-electron chi connectivity index (χ3n) is 9.25. The highest BCUT2D eigenvalue weighted by Crippen LogP contribution is 3.06. The second-order valence-corrected chi connectivity index (χ2v) is 9.16. The summed E-state index contributed by atoms with van der Waals surface area (Å²) in [7, 11) is 1.66. The Morgan fingerprint density at radius 2 is 1.43 bits per heavy atom. The van der Waals surface area contributed by atoms with Gasteiger partial charge in [0.1, 0.15) is 0 Å². The predicted molar refractivity (Wildman–Crippen MR) is 71.7 cm³/mol. The van der Waals surface area contributed by atoms with Crippen LogP contribution >= 0.6 is 0 Å². The zero-order chi connectivity index (χ0) is 13.6. The average molecular weight is 283 g/mol. The molecule has 5 heteroatoms. The minimum Gasteiger partial charge on any atom is -0.246 e. The zero-order valence-corrected chi connectivity index (χ0v) is 11.9. The van der Waals surface area contributed by atoms with Crippen LogP contribution in [-0.4, -0.2) is 13.9 Å². The van der Waals surface area contributed by atoms with E-state index in [1.165, 1.54) is 23.8 Å². The highest BCUT2D eigenvalue weighted by molar-refractivity contribution is 5.50. The normalized spacial score (nSPS) is 67.5. The Balaban J connectivity index is 1.55. The van der Waals surface area contributed by atoms with Crippen LogP contribution in [-0.2, 0) is 7.05 Å². The van der Waals surface area contributed by atoms with E-state index in [4.69, 9.17) is 0 Å². The standard InChI is InChI=1S/C16H17N3O2/c1-17-13(20)18-11-8-7-9(8)12(19(18)14(17)21)16-4-6-2-5(6)3-15(11,16)10(7)16/h5-12H,2-4H2,1H3/t5-,6+,7?,8-,9-,10?,11+,12+,15-,16+/m0/s1. The van der Waals surface area contributed by atoms with E-state index in [-0.39, 0.29) is 11.4 Å². The third kappa shape index (κ3) is 0.573. The molecule has 0 amide bonds. The lowest BCUT2D eigenvalue weighted by molar-refractivity contribution is -0.0268. The monoisotopic (exact) mass is 283 g/mol. The molecule has 2 unspecified atom stereocenters. The molecule has 2 aliphatic heterocycles. The zero-order valence-electron chi connectivity index (χ0n) is 11.9. The molecule has 8 aliphatic rings. The van der Waals surface area contributed by atoms with Crippen molar-refractivity contribution in [2.45, 2.75) is 31.3 Å². The van der Waals surface area contributed by atoms with Gasteiger partial charge in [-0.05, 0) is 54.8 Å². The largest absolute Gasteiger partial charge is 0.347 e. The van der Waals surface area contributed by atoms with Crippen molar-refractivity contribution in [2.24, 2.45) is 53.4 Å². The van der Waals surface area contributed by atoms with Gasteiger partial charge in [0.2, 0.25) is 0 Å². The summed E-state index contributed by atoms with van der Waals surface area (Å²) < 4.78 is 5.22. The van der Waals surface area contributed by atoms with Crippen molar-refractivity contribution in [3.05, 3.63) is 21.0 Å². The predicted octanol–water partition coefficient (Wildman–Crippen LogP) is 0.366. The SMILES string of the molecule is Cn1c(=O)n2n(c1=O)[C@@H]1[C@H]3C4C5[C@@]6(C[C@@H]7C[C@@H]7C[C@@]516)[C@H]2[C@@H]43. The fourth-order valence-corrected chi connectivity index (χ4v) is 9.04. The van der Waals surface area contributed by atoms with Crippen molar-refractivity contribution in [3.8, 4) is 0 Å². The van der Waals surface area contributed by atoms with E-state index in [0.29, 0.717) is 22.9 Å². The summed E-state index contributed by atoms with van der Waals surface area (Å²) in [6.45, 7) is 0. The fourth-order valence-electron chi connectivity index (χ4n) is 9.04. The summed E-state index contributed by atoms with van der Waals surface area (Å²) in [6.07, 6.45) is 4.18. The fraction of sp³-hybridized carbons (Fsp3) is 0.875. The molecule has 3 heterocycles. The molecule has 6 aliphatic carbocycles. The first-order chi connectivity index (χ1) is 10.1. The summed E-state index contributed by atoms with van der Waals surface area (Å²) in [4.78, 5) is 25.3. The van der Waals surface area contributed by atoms with E-state index in [9.17, 15) is 9.59 Å². The third-order valence-corrected chi connectivity index (χ3v) is 9.25. The van der Waals surface area contributed by atoms with Gasteiger partial charge in [0.15, 0.2) is 0 Å². The van der Waals surface area contributed by atoms with Crippen LogP contribution in [0.5, 0.6) is 0 Å². The molecular formula is C16H17N3O2. The number of fused-ring (bicyclic) bond motifs is 1. The maximum absolute atomic E-state index is 12.6. The maximum atomic E-state index is 12.6. The van der Waals surface area contributed by atoms with E-state index >= 15 is 0 Å². The van der Waals surface area contributed by atoms with Crippen molar-refractivity contribution < 1.29 is 0 Å². The molecule has 6 fully saturated rings. The molecule has 6 saturated carbocycles. The van der Waals surface area contributed by atoms with E-state index in [1.807, 2.05) is 9.36 Å². The molecule has 9 rings (SSSR count). The van der Waals surface area contributed by atoms with E-state index in [2.05, 4.69) is 0 Å². The van der Waals surface area contributed by atoms with Crippen molar-refractivity contribution in [1.82, 2.24) is 13.9 Å². The van der Waals surface area contributed by atoms with Crippen LogP contribution in [0.2, 0.25) is 0 Å². The minimum absolute atomic E-state index is 0.0486. The van der Waals surface area contributed by atoms with Crippen molar-refractivity contribution >= 4 is 0 Å². The Hall–Kier alpha value is -1.26. The van der Waals surface area contributed by atoms with Gasteiger partial charge in [0.25, 0.3) is 0 Å². The molecule has 0 radical (unpaired) electrons. The smallest absolute Gasteiger partial charge is 0.246 e. The number of rotatable bonds is 0. The highest BCUT2D eigenvalue weighted by Gasteiger charge is 3.04. The first kappa shape index (κ1) is 9.70. The topological polar surface area (TPSA) is 48.9 Å². The van der Waals surface area contributed by atoms with Gasteiger partial charge in [0.05, 0.1) is 12.1 Å². The first-order valence-electron chi connectivity index (χ1n) is 8.54.